The van der Waals surface area contributed by atoms with Crippen LogP contribution in [-0.4, -0.2) is 25.0 Å². The summed E-state index contributed by atoms with van der Waals surface area (Å²) in [5, 5.41) is 3.50. The van der Waals surface area contributed by atoms with E-state index in [1.165, 1.54) is 53.6 Å². The Morgan fingerprint density at radius 2 is 1.81 bits per heavy atom. The van der Waals surface area contributed by atoms with Crippen molar-refractivity contribution in [2.24, 2.45) is 5.92 Å². The lowest BCUT2D eigenvalue weighted by atomic mass is 9.63. The molecule has 1 aliphatic carbocycles. The van der Waals surface area contributed by atoms with Crippen LogP contribution in [0.2, 0.25) is 0 Å². The van der Waals surface area contributed by atoms with Crippen molar-refractivity contribution < 1.29 is 0 Å². The Kier molecular flexibility index (Phi) is 5.59. The Labute approximate surface area is 166 Å². The lowest BCUT2D eigenvalue weighted by molar-refractivity contribution is 0.332. The zero-order valence-electron chi connectivity index (χ0n) is 18.3. The van der Waals surface area contributed by atoms with Crippen LogP contribution in [0.3, 0.4) is 0 Å². The molecule has 0 saturated carbocycles. The van der Waals surface area contributed by atoms with Gasteiger partial charge in [-0.05, 0) is 72.2 Å². The third-order valence-corrected chi connectivity index (χ3v) is 6.92. The molecule has 1 atom stereocenters. The van der Waals surface area contributed by atoms with Crippen molar-refractivity contribution in [2.45, 2.75) is 71.1 Å². The van der Waals surface area contributed by atoms with Crippen molar-refractivity contribution in [3.8, 4) is 0 Å². The van der Waals surface area contributed by atoms with Crippen molar-refractivity contribution in [3.63, 3.8) is 0 Å². The molecule has 0 amide bonds. The molecule has 3 rings (SSSR count). The Balaban J connectivity index is 1.85. The van der Waals surface area contributed by atoms with Crippen LogP contribution in [0.5, 0.6) is 0 Å². The number of rotatable bonds is 4. The molecule has 1 heterocycles. The van der Waals surface area contributed by atoms with Gasteiger partial charge in [-0.3, -0.25) is 0 Å². The highest BCUT2D eigenvalue weighted by molar-refractivity contribution is 5.66. The van der Waals surface area contributed by atoms with Gasteiger partial charge < -0.3 is 10.2 Å². The lowest BCUT2D eigenvalue weighted by Crippen LogP contribution is -2.34. The summed E-state index contributed by atoms with van der Waals surface area (Å²) in [5.41, 5.74) is 7.46. The first-order chi connectivity index (χ1) is 12.6. The number of fused-ring (bicyclic) bond motifs is 1. The summed E-state index contributed by atoms with van der Waals surface area (Å²) >= 11 is 0. The van der Waals surface area contributed by atoms with Crippen LogP contribution in [0.1, 0.15) is 77.0 Å². The van der Waals surface area contributed by atoms with Gasteiger partial charge in [0.25, 0.3) is 0 Å². The van der Waals surface area contributed by atoms with Crippen molar-refractivity contribution in [1.29, 1.82) is 0 Å². The van der Waals surface area contributed by atoms with Gasteiger partial charge in [0.1, 0.15) is 0 Å². The maximum atomic E-state index is 4.38. The monoisotopic (exact) mass is 366 g/mol. The van der Waals surface area contributed by atoms with Crippen molar-refractivity contribution >= 4 is 5.57 Å². The van der Waals surface area contributed by atoms with Crippen molar-refractivity contribution in [3.05, 3.63) is 53.4 Å². The molecule has 1 aliphatic heterocycles. The third-order valence-electron chi connectivity index (χ3n) is 6.92. The van der Waals surface area contributed by atoms with E-state index in [1.54, 1.807) is 0 Å². The molecule has 2 nitrogen and oxygen atoms in total. The number of nitrogens with zero attached hydrogens (tertiary/aromatic N) is 1. The fourth-order valence-corrected chi connectivity index (χ4v) is 4.71. The Morgan fingerprint density at radius 3 is 2.44 bits per heavy atom. The van der Waals surface area contributed by atoms with Crippen molar-refractivity contribution in [1.82, 2.24) is 10.2 Å². The molecular formula is C25H38N2. The molecule has 0 radical (unpaired) electrons. The molecule has 2 heteroatoms. The van der Waals surface area contributed by atoms with Crippen LogP contribution < -0.4 is 5.32 Å². The summed E-state index contributed by atoms with van der Waals surface area (Å²) in [4.78, 5) is 2.24. The molecule has 1 aromatic carbocycles. The lowest BCUT2D eigenvalue weighted by Gasteiger charge is -2.42. The van der Waals surface area contributed by atoms with Crippen LogP contribution in [0.15, 0.2) is 36.7 Å². The van der Waals surface area contributed by atoms with Crippen LogP contribution in [0, 0.1) is 5.92 Å². The molecule has 1 aromatic rings. The highest BCUT2D eigenvalue weighted by Crippen LogP contribution is 2.46. The number of nitrogens with one attached hydrogen (secondary N) is 1. The second-order valence-corrected chi connectivity index (χ2v) is 9.99. The standard InChI is InChI=1S/C25H38N2/c1-18(17-27(7)19(2)21-9-8-14-26-16-21)20-10-11-22-23(15-20)25(5,6)13-12-24(22,3)4/h10-11,15,17,21,26H,2,8-9,12-14,16H2,1,3-7H3/b18-17+. The average molecular weight is 367 g/mol. The molecule has 1 unspecified atom stereocenters. The van der Waals surface area contributed by atoms with E-state index < -0.39 is 0 Å². The molecule has 0 bridgehead atoms. The molecule has 1 N–H and O–H groups in total. The highest BCUT2D eigenvalue weighted by atomic mass is 15.1. The van der Waals surface area contributed by atoms with E-state index in [2.05, 4.69) is 82.9 Å². The van der Waals surface area contributed by atoms with Crippen molar-refractivity contribution in [2.75, 3.05) is 20.1 Å². The predicted octanol–water partition coefficient (Wildman–Crippen LogP) is 5.84. The molecule has 1 saturated heterocycles. The van der Waals surface area contributed by atoms with Crippen LogP contribution in [0.25, 0.3) is 5.57 Å². The number of hydrogen-bond donors (Lipinski definition) is 1. The predicted molar refractivity (Wildman–Crippen MR) is 118 cm³/mol. The summed E-state index contributed by atoms with van der Waals surface area (Å²) in [7, 11) is 2.14. The van der Waals surface area contributed by atoms with Gasteiger partial charge in [0.15, 0.2) is 0 Å². The Hall–Kier alpha value is -1.54. The number of allylic oxidation sites excluding steroid dienone is 1. The van der Waals surface area contributed by atoms with Gasteiger partial charge in [-0.2, -0.15) is 0 Å². The van der Waals surface area contributed by atoms with E-state index in [-0.39, 0.29) is 10.8 Å². The zero-order valence-corrected chi connectivity index (χ0v) is 18.3. The van der Waals surface area contributed by atoms with Gasteiger partial charge >= 0.3 is 0 Å². The molecule has 2 aliphatic rings. The van der Waals surface area contributed by atoms with E-state index in [9.17, 15) is 0 Å². The Morgan fingerprint density at radius 1 is 1.15 bits per heavy atom. The number of piperidine rings is 1. The fraction of sp³-hybridized carbons (Fsp3) is 0.600. The van der Waals surface area contributed by atoms with Crippen LogP contribution in [-0.2, 0) is 10.8 Å². The zero-order chi connectivity index (χ0) is 19.8. The van der Waals surface area contributed by atoms with Gasteiger partial charge in [-0.25, -0.2) is 0 Å². The van der Waals surface area contributed by atoms with Gasteiger partial charge in [-0.15, -0.1) is 0 Å². The first-order valence-corrected chi connectivity index (χ1v) is 10.6. The fourth-order valence-electron chi connectivity index (χ4n) is 4.71. The number of hydrogen-bond acceptors (Lipinski definition) is 2. The first-order valence-electron chi connectivity index (χ1n) is 10.6. The van der Waals surface area contributed by atoms with Gasteiger partial charge in [0.2, 0.25) is 0 Å². The molecule has 148 valence electrons. The molecular weight excluding hydrogens is 328 g/mol. The average Bonchev–Trinajstić information content (AvgIpc) is 2.65. The summed E-state index contributed by atoms with van der Waals surface area (Å²) in [6.45, 7) is 18.4. The van der Waals surface area contributed by atoms with Crippen LogP contribution in [0.4, 0.5) is 0 Å². The quantitative estimate of drug-likeness (QED) is 0.720. The molecule has 1 fully saturated rings. The molecule has 0 spiro atoms. The maximum absolute atomic E-state index is 4.38. The smallest absolute Gasteiger partial charge is 0.0143 e. The topological polar surface area (TPSA) is 15.3 Å². The SMILES string of the molecule is C=C(C1CCCNC1)N(C)/C=C(\C)c1ccc2c(c1)C(C)(C)CCC2(C)C. The summed E-state index contributed by atoms with van der Waals surface area (Å²) in [6.07, 6.45) is 7.27. The minimum Gasteiger partial charge on any atom is -0.354 e. The Bertz CT molecular complexity index is 733. The summed E-state index contributed by atoms with van der Waals surface area (Å²) in [6, 6.07) is 7.14. The first kappa shape index (κ1) is 20.2. The van der Waals surface area contributed by atoms with E-state index in [1.807, 2.05) is 0 Å². The minimum atomic E-state index is 0.254. The number of benzene rings is 1. The summed E-state index contributed by atoms with van der Waals surface area (Å²) in [5.74, 6) is 0.552. The van der Waals surface area contributed by atoms with E-state index in [4.69, 9.17) is 0 Å². The van der Waals surface area contributed by atoms with E-state index >= 15 is 0 Å². The normalized spacial score (nSPS) is 24.2. The minimum absolute atomic E-state index is 0.254. The second kappa shape index (κ2) is 7.47. The molecule has 27 heavy (non-hydrogen) atoms. The highest BCUT2D eigenvalue weighted by Gasteiger charge is 2.36. The maximum Gasteiger partial charge on any atom is 0.0143 e. The third kappa shape index (κ3) is 4.16. The van der Waals surface area contributed by atoms with Gasteiger partial charge in [-0.1, -0.05) is 52.5 Å². The van der Waals surface area contributed by atoms with E-state index in [0.29, 0.717) is 5.92 Å². The molecule has 0 aromatic heterocycles. The second-order valence-electron chi connectivity index (χ2n) is 9.99. The largest absolute Gasteiger partial charge is 0.354 e. The van der Waals surface area contributed by atoms with Gasteiger partial charge in [0.05, 0.1) is 0 Å². The van der Waals surface area contributed by atoms with E-state index in [0.717, 1.165) is 13.1 Å². The summed E-state index contributed by atoms with van der Waals surface area (Å²) < 4.78 is 0. The van der Waals surface area contributed by atoms with Crippen LogP contribution >= 0.6 is 0 Å². The van der Waals surface area contributed by atoms with Gasteiger partial charge in [0, 0.05) is 31.4 Å².